The largest absolute Gasteiger partial charge is 0.364 e. The number of rotatable bonds is 0. The number of ether oxygens (including phenoxy) is 1. The van der Waals surface area contributed by atoms with Crippen LogP contribution in [0.3, 0.4) is 0 Å². The van der Waals surface area contributed by atoms with Crippen molar-refractivity contribution >= 4 is 0 Å². The van der Waals surface area contributed by atoms with Crippen molar-refractivity contribution in [1.82, 2.24) is 10.2 Å². The van der Waals surface area contributed by atoms with Gasteiger partial charge in [-0.15, -0.1) is 0 Å². The van der Waals surface area contributed by atoms with Crippen molar-refractivity contribution < 1.29 is 4.74 Å². The molecule has 2 fully saturated rings. The van der Waals surface area contributed by atoms with Gasteiger partial charge >= 0.3 is 0 Å². The van der Waals surface area contributed by atoms with E-state index in [9.17, 15) is 0 Å². The van der Waals surface area contributed by atoms with Gasteiger partial charge in [-0.1, -0.05) is 0 Å². The summed E-state index contributed by atoms with van der Waals surface area (Å²) in [6.45, 7) is 4.08. The summed E-state index contributed by atoms with van der Waals surface area (Å²) in [6, 6.07) is 0. The first-order valence-electron chi connectivity index (χ1n) is 4.32. The van der Waals surface area contributed by atoms with E-state index in [1.165, 1.54) is 25.9 Å². The Bertz CT molecular complexity index is 133. The molecule has 2 saturated heterocycles. The second-order valence-corrected chi connectivity index (χ2v) is 3.75. The Kier molecular flexibility index (Phi) is 1.87. The Morgan fingerprint density at radius 3 is 2.64 bits per heavy atom. The molecule has 0 amide bonds. The number of nitrogens with one attached hydrogen (secondary N) is 1. The normalized spacial score (nSPS) is 31.4. The standard InChI is InChI=1S/C8H16N2O/c1-10-4-2-8(3-5-10)6-11-7-9-8/h9H,2-7H2,1H3. The lowest BCUT2D eigenvalue weighted by atomic mass is 9.89. The summed E-state index contributed by atoms with van der Waals surface area (Å²) in [5.41, 5.74) is 0.340. The van der Waals surface area contributed by atoms with Gasteiger partial charge in [-0.25, -0.2) is 0 Å². The molecule has 11 heavy (non-hydrogen) atoms. The van der Waals surface area contributed by atoms with Crippen LogP contribution in [0.15, 0.2) is 0 Å². The molecule has 3 nitrogen and oxygen atoms in total. The van der Waals surface area contributed by atoms with Crippen LogP contribution in [-0.4, -0.2) is 43.9 Å². The molecule has 0 saturated carbocycles. The molecule has 0 aliphatic carbocycles. The van der Waals surface area contributed by atoms with Gasteiger partial charge in [0.1, 0.15) is 0 Å². The Morgan fingerprint density at radius 1 is 1.36 bits per heavy atom. The van der Waals surface area contributed by atoms with Crippen molar-refractivity contribution in [1.29, 1.82) is 0 Å². The molecular weight excluding hydrogens is 140 g/mol. The second-order valence-electron chi connectivity index (χ2n) is 3.75. The van der Waals surface area contributed by atoms with Gasteiger partial charge in [0.15, 0.2) is 0 Å². The maximum atomic E-state index is 5.34. The van der Waals surface area contributed by atoms with Crippen molar-refractivity contribution in [2.24, 2.45) is 0 Å². The van der Waals surface area contributed by atoms with E-state index in [0.717, 1.165) is 13.3 Å². The molecule has 0 unspecified atom stereocenters. The van der Waals surface area contributed by atoms with Gasteiger partial charge in [-0.05, 0) is 33.0 Å². The highest BCUT2D eigenvalue weighted by molar-refractivity contribution is 4.94. The van der Waals surface area contributed by atoms with Crippen molar-refractivity contribution in [3.63, 3.8) is 0 Å². The minimum atomic E-state index is 0.340. The fraction of sp³-hybridized carbons (Fsp3) is 1.00. The summed E-state index contributed by atoms with van der Waals surface area (Å²) in [6.07, 6.45) is 2.48. The average Bonchev–Trinajstić information content (AvgIpc) is 2.45. The molecule has 0 bridgehead atoms. The van der Waals surface area contributed by atoms with Gasteiger partial charge in [0.2, 0.25) is 0 Å². The number of likely N-dealkylation sites (tertiary alicyclic amines) is 1. The molecule has 0 atom stereocenters. The average molecular weight is 156 g/mol. The van der Waals surface area contributed by atoms with Crippen LogP contribution < -0.4 is 5.32 Å². The third-order valence-corrected chi connectivity index (χ3v) is 2.87. The first kappa shape index (κ1) is 7.53. The van der Waals surface area contributed by atoms with Crippen LogP contribution in [0.2, 0.25) is 0 Å². The van der Waals surface area contributed by atoms with E-state index in [0.29, 0.717) is 5.54 Å². The lowest BCUT2D eigenvalue weighted by molar-refractivity contribution is 0.137. The van der Waals surface area contributed by atoms with Crippen LogP contribution in [-0.2, 0) is 4.74 Å². The van der Waals surface area contributed by atoms with E-state index < -0.39 is 0 Å². The zero-order chi connectivity index (χ0) is 7.73. The Balaban J connectivity index is 1.94. The first-order valence-corrected chi connectivity index (χ1v) is 4.32. The van der Waals surface area contributed by atoms with Gasteiger partial charge < -0.3 is 9.64 Å². The first-order chi connectivity index (χ1) is 5.31. The molecule has 2 heterocycles. The summed E-state index contributed by atoms with van der Waals surface area (Å²) in [5, 5.41) is 3.44. The maximum Gasteiger partial charge on any atom is 0.0971 e. The molecule has 2 aliphatic heterocycles. The van der Waals surface area contributed by atoms with E-state index in [-0.39, 0.29) is 0 Å². The van der Waals surface area contributed by atoms with E-state index in [4.69, 9.17) is 4.74 Å². The van der Waals surface area contributed by atoms with Gasteiger partial charge in [0, 0.05) is 5.54 Å². The molecule has 1 spiro atoms. The fourth-order valence-corrected chi connectivity index (χ4v) is 1.87. The predicted octanol–water partition coefficient (Wildman–Crippen LogP) is 0.0281. The third-order valence-electron chi connectivity index (χ3n) is 2.87. The molecule has 0 aromatic rings. The third kappa shape index (κ3) is 1.41. The summed E-state index contributed by atoms with van der Waals surface area (Å²) < 4.78 is 5.34. The Morgan fingerprint density at radius 2 is 2.09 bits per heavy atom. The molecule has 64 valence electrons. The molecule has 0 aromatic heterocycles. The topological polar surface area (TPSA) is 24.5 Å². The summed E-state index contributed by atoms with van der Waals surface area (Å²) in [5.74, 6) is 0. The zero-order valence-corrected chi connectivity index (χ0v) is 7.10. The second kappa shape index (κ2) is 2.73. The van der Waals surface area contributed by atoms with Gasteiger partial charge in [-0.2, -0.15) is 0 Å². The van der Waals surface area contributed by atoms with E-state index in [2.05, 4.69) is 17.3 Å². The molecule has 2 rings (SSSR count). The smallest absolute Gasteiger partial charge is 0.0971 e. The lowest BCUT2D eigenvalue weighted by Gasteiger charge is -2.36. The van der Waals surface area contributed by atoms with Crippen LogP contribution in [0.4, 0.5) is 0 Å². The molecule has 3 heteroatoms. The SMILES string of the molecule is CN1CCC2(CC1)COCN2. The van der Waals surface area contributed by atoms with Crippen LogP contribution in [0.5, 0.6) is 0 Å². The van der Waals surface area contributed by atoms with Crippen molar-refractivity contribution in [2.75, 3.05) is 33.5 Å². The molecule has 0 aromatic carbocycles. The van der Waals surface area contributed by atoms with Crippen LogP contribution >= 0.6 is 0 Å². The quantitative estimate of drug-likeness (QED) is 0.535. The Hall–Kier alpha value is -0.120. The van der Waals surface area contributed by atoms with Crippen LogP contribution in [0.25, 0.3) is 0 Å². The van der Waals surface area contributed by atoms with Crippen molar-refractivity contribution in [3.8, 4) is 0 Å². The summed E-state index contributed by atoms with van der Waals surface area (Å²) >= 11 is 0. The molecule has 0 radical (unpaired) electrons. The van der Waals surface area contributed by atoms with Crippen LogP contribution in [0, 0.1) is 0 Å². The maximum absolute atomic E-state index is 5.34. The summed E-state index contributed by atoms with van der Waals surface area (Å²) in [4.78, 5) is 2.38. The van der Waals surface area contributed by atoms with E-state index in [1.807, 2.05) is 0 Å². The van der Waals surface area contributed by atoms with Gasteiger partial charge in [0.25, 0.3) is 0 Å². The molecule has 1 N–H and O–H groups in total. The number of hydrogen-bond acceptors (Lipinski definition) is 3. The van der Waals surface area contributed by atoms with Crippen molar-refractivity contribution in [2.45, 2.75) is 18.4 Å². The molecular formula is C8H16N2O. The van der Waals surface area contributed by atoms with E-state index >= 15 is 0 Å². The highest BCUT2D eigenvalue weighted by Gasteiger charge is 2.36. The lowest BCUT2D eigenvalue weighted by Crippen LogP contribution is -2.50. The van der Waals surface area contributed by atoms with Gasteiger partial charge in [0.05, 0.1) is 13.3 Å². The number of nitrogens with zero attached hydrogens (tertiary/aromatic N) is 1. The fourth-order valence-electron chi connectivity index (χ4n) is 1.87. The Labute approximate surface area is 67.7 Å². The zero-order valence-electron chi connectivity index (χ0n) is 7.10. The number of piperidine rings is 1. The van der Waals surface area contributed by atoms with Gasteiger partial charge in [-0.3, -0.25) is 5.32 Å². The number of hydrogen-bond donors (Lipinski definition) is 1. The van der Waals surface area contributed by atoms with Crippen LogP contribution in [0.1, 0.15) is 12.8 Å². The van der Waals surface area contributed by atoms with Crippen molar-refractivity contribution in [3.05, 3.63) is 0 Å². The van der Waals surface area contributed by atoms with E-state index in [1.54, 1.807) is 0 Å². The highest BCUT2D eigenvalue weighted by Crippen LogP contribution is 2.24. The monoisotopic (exact) mass is 156 g/mol. The molecule has 2 aliphatic rings. The minimum absolute atomic E-state index is 0.340. The summed E-state index contributed by atoms with van der Waals surface area (Å²) in [7, 11) is 2.18. The predicted molar refractivity (Wildman–Crippen MR) is 43.4 cm³/mol. The highest BCUT2D eigenvalue weighted by atomic mass is 16.5. The minimum Gasteiger partial charge on any atom is -0.364 e.